The maximum absolute atomic E-state index is 3.56. The van der Waals surface area contributed by atoms with E-state index in [0.29, 0.717) is 5.92 Å². The molecule has 0 atom stereocenters. The molecular weight excluding hydrogens is 276 g/mol. The van der Waals surface area contributed by atoms with Crippen molar-refractivity contribution in [1.82, 2.24) is 10.2 Å². The summed E-state index contributed by atoms with van der Waals surface area (Å²) in [5, 5.41) is 5.00. The Bertz CT molecular complexity index is 559. The van der Waals surface area contributed by atoms with Crippen LogP contribution in [-0.2, 0) is 13.1 Å². The van der Waals surface area contributed by atoms with Crippen LogP contribution in [-0.4, -0.2) is 25.0 Å². The van der Waals surface area contributed by atoms with Crippen LogP contribution in [0.25, 0.3) is 10.1 Å². The van der Waals surface area contributed by atoms with Crippen molar-refractivity contribution in [3.63, 3.8) is 0 Å². The van der Waals surface area contributed by atoms with Crippen LogP contribution in [0.1, 0.15) is 37.6 Å². The lowest BCUT2D eigenvalue weighted by atomic mass is 10.1. The van der Waals surface area contributed by atoms with Crippen LogP contribution in [0, 0.1) is 5.92 Å². The summed E-state index contributed by atoms with van der Waals surface area (Å²) >= 11 is 1.95. The summed E-state index contributed by atoms with van der Waals surface area (Å²) in [5.41, 5.74) is 1.52. The monoisotopic (exact) mass is 304 g/mol. The Balaban J connectivity index is 2.22. The van der Waals surface area contributed by atoms with Crippen molar-refractivity contribution in [3.8, 4) is 0 Å². The Morgan fingerprint density at radius 3 is 2.71 bits per heavy atom. The summed E-state index contributed by atoms with van der Waals surface area (Å²) in [6, 6.07) is 8.82. The molecule has 0 aliphatic carbocycles. The molecular formula is C18H28N2S. The lowest BCUT2D eigenvalue weighted by Crippen LogP contribution is -2.23. The molecule has 116 valence electrons. The average molecular weight is 305 g/mol. The Labute approximate surface area is 133 Å². The van der Waals surface area contributed by atoms with Gasteiger partial charge < -0.3 is 10.2 Å². The Hall–Kier alpha value is -0.900. The number of rotatable bonds is 8. The highest BCUT2D eigenvalue weighted by molar-refractivity contribution is 7.19. The first-order valence-electron chi connectivity index (χ1n) is 8.00. The van der Waals surface area contributed by atoms with Crippen molar-refractivity contribution in [1.29, 1.82) is 0 Å². The maximum Gasteiger partial charge on any atom is 0.0349 e. The summed E-state index contributed by atoms with van der Waals surface area (Å²) < 4.78 is 1.42. The van der Waals surface area contributed by atoms with Gasteiger partial charge in [0.25, 0.3) is 0 Å². The zero-order chi connectivity index (χ0) is 15.2. The summed E-state index contributed by atoms with van der Waals surface area (Å²) in [5.74, 6) is 0.710. The second-order valence-electron chi connectivity index (χ2n) is 6.27. The molecule has 0 aliphatic rings. The molecule has 0 aliphatic heterocycles. The van der Waals surface area contributed by atoms with E-state index in [-0.39, 0.29) is 0 Å². The van der Waals surface area contributed by atoms with Crippen molar-refractivity contribution in [2.75, 3.05) is 20.1 Å². The quantitative estimate of drug-likeness (QED) is 0.723. The third-order valence-electron chi connectivity index (χ3n) is 3.60. The lowest BCUT2D eigenvalue weighted by Gasteiger charge is -2.19. The molecule has 0 spiro atoms. The summed E-state index contributed by atoms with van der Waals surface area (Å²) in [7, 11) is 2.23. The molecule has 3 heteroatoms. The molecule has 0 fully saturated rings. The van der Waals surface area contributed by atoms with Crippen molar-refractivity contribution < 1.29 is 0 Å². The molecule has 0 saturated heterocycles. The zero-order valence-corrected chi connectivity index (χ0v) is 14.6. The van der Waals surface area contributed by atoms with E-state index in [1.807, 2.05) is 11.3 Å². The second kappa shape index (κ2) is 7.92. The fraction of sp³-hybridized carbons (Fsp3) is 0.556. The molecule has 0 amide bonds. The van der Waals surface area contributed by atoms with Gasteiger partial charge in [0.1, 0.15) is 0 Å². The first-order valence-corrected chi connectivity index (χ1v) is 8.82. The highest BCUT2D eigenvalue weighted by Gasteiger charge is 2.13. The fourth-order valence-corrected chi connectivity index (χ4v) is 3.99. The minimum absolute atomic E-state index is 0.710. The minimum Gasteiger partial charge on any atom is -0.312 e. The average Bonchev–Trinajstić information content (AvgIpc) is 2.77. The number of fused-ring (bicyclic) bond motifs is 1. The molecule has 21 heavy (non-hydrogen) atoms. The normalized spacial score (nSPS) is 11.9. The van der Waals surface area contributed by atoms with Gasteiger partial charge in [-0.1, -0.05) is 39.0 Å². The summed E-state index contributed by atoms with van der Waals surface area (Å²) in [4.78, 5) is 3.95. The molecule has 1 aromatic heterocycles. The van der Waals surface area contributed by atoms with Crippen LogP contribution in [0.5, 0.6) is 0 Å². The van der Waals surface area contributed by atoms with E-state index in [9.17, 15) is 0 Å². The number of benzene rings is 1. The van der Waals surface area contributed by atoms with Crippen molar-refractivity contribution >= 4 is 21.4 Å². The molecule has 0 bridgehead atoms. The number of nitrogens with zero attached hydrogens (tertiary/aromatic N) is 1. The first kappa shape index (κ1) is 16.5. The van der Waals surface area contributed by atoms with E-state index >= 15 is 0 Å². The predicted octanol–water partition coefficient (Wildman–Crippen LogP) is 4.49. The molecule has 0 unspecified atom stereocenters. The van der Waals surface area contributed by atoms with Crippen molar-refractivity contribution in [2.24, 2.45) is 5.92 Å². The van der Waals surface area contributed by atoms with Crippen LogP contribution in [0.2, 0.25) is 0 Å². The third kappa shape index (κ3) is 4.53. The highest BCUT2D eigenvalue weighted by atomic mass is 32.1. The van der Waals surface area contributed by atoms with Crippen LogP contribution in [0.4, 0.5) is 0 Å². The molecule has 2 rings (SSSR count). The van der Waals surface area contributed by atoms with Crippen molar-refractivity contribution in [3.05, 3.63) is 34.7 Å². The van der Waals surface area contributed by atoms with Crippen LogP contribution in [0.3, 0.4) is 0 Å². The number of hydrogen-bond acceptors (Lipinski definition) is 3. The minimum atomic E-state index is 0.710. The van der Waals surface area contributed by atoms with Gasteiger partial charge in [0.05, 0.1) is 0 Å². The fourth-order valence-electron chi connectivity index (χ4n) is 2.80. The highest BCUT2D eigenvalue weighted by Crippen LogP contribution is 2.32. The Morgan fingerprint density at radius 1 is 1.24 bits per heavy atom. The number of hydrogen-bond donors (Lipinski definition) is 1. The zero-order valence-electron chi connectivity index (χ0n) is 13.8. The van der Waals surface area contributed by atoms with E-state index in [2.05, 4.69) is 62.3 Å². The van der Waals surface area contributed by atoms with E-state index in [4.69, 9.17) is 0 Å². The number of nitrogens with one attached hydrogen (secondary N) is 1. The van der Waals surface area contributed by atoms with Gasteiger partial charge in [-0.2, -0.15) is 0 Å². The topological polar surface area (TPSA) is 15.3 Å². The molecule has 2 nitrogen and oxygen atoms in total. The standard InChI is InChI=1S/C18H28N2S/c1-5-10-19-11-18-16(13-20(4)12-14(2)3)15-8-6-7-9-17(15)21-18/h6-9,14,19H,5,10-13H2,1-4H3. The first-order chi connectivity index (χ1) is 10.1. The molecule has 0 radical (unpaired) electrons. The van der Waals surface area contributed by atoms with Gasteiger partial charge in [-0.3, -0.25) is 0 Å². The van der Waals surface area contributed by atoms with Crippen LogP contribution < -0.4 is 5.32 Å². The van der Waals surface area contributed by atoms with Gasteiger partial charge in [-0.25, -0.2) is 0 Å². The van der Waals surface area contributed by atoms with E-state index in [1.54, 1.807) is 0 Å². The molecule has 1 N–H and O–H groups in total. The third-order valence-corrected chi connectivity index (χ3v) is 4.81. The predicted molar refractivity (Wildman–Crippen MR) is 95.0 cm³/mol. The lowest BCUT2D eigenvalue weighted by molar-refractivity contribution is 0.289. The van der Waals surface area contributed by atoms with E-state index in [1.165, 1.54) is 26.9 Å². The SMILES string of the molecule is CCCNCc1sc2ccccc2c1CN(C)CC(C)C. The van der Waals surface area contributed by atoms with Gasteiger partial charge in [-0.05, 0) is 42.9 Å². The molecule has 2 aromatic rings. The number of thiophene rings is 1. The Kier molecular flexibility index (Phi) is 6.22. The largest absolute Gasteiger partial charge is 0.312 e. The maximum atomic E-state index is 3.56. The molecule has 1 heterocycles. The molecule has 1 aromatic carbocycles. The summed E-state index contributed by atoms with van der Waals surface area (Å²) in [6.45, 7) is 11.1. The van der Waals surface area contributed by atoms with E-state index in [0.717, 1.165) is 26.2 Å². The van der Waals surface area contributed by atoms with E-state index < -0.39 is 0 Å². The van der Waals surface area contributed by atoms with Gasteiger partial charge in [-0.15, -0.1) is 11.3 Å². The smallest absolute Gasteiger partial charge is 0.0349 e. The van der Waals surface area contributed by atoms with Gasteiger partial charge in [0.15, 0.2) is 0 Å². The van der Waals surface area contributed by atoms with Crippen molar-refractivity contribution in [2.45, 2.75) is 40.3 Å². The Morgan fingerprint density at radius 2 is 2.00 bits per heavy atom. The van der Waals surface area contributed by atoms with Gasteiger partial charge in [0.2, 0.25) is 0 Å². The van der Waals surface area contributed by atoms with Gasteiger partial charge in [0, 0.05) is 29.2 Å². The van der Waals surface area contributed by atoms with Crippen LogP contribution >= 0.6 is 11.3 Å². The van der Waals surface area contributed by atoms with Gasteiger partial charge >= 0.3 is 0 Å². The molecule has 0 saturated carbocycles. The van der Waals surface area contributed by atoms with Crippen LogP contribution in [0.15, 0.2) is 24.3 Å². The second-order valence-corrected chi connectivity index (χ2v) is 7.40. The summed E-state index contributed by atoms with van der Waals surface area (Å²) in [6.07, 6.45) is 1.19.